The van der Waals surface area contributed by atoms with E-state index in [1.54, 1.807) is 0 Å². The van der Waals surface area contributed by atoms with Crippen LogP contribution in [0.25, 0.3) is 0 Å². The Bertz CT molecular complexity index is 64.7. The van der Waals surface area contributed by atoms with E-state index in [0.717, 1.165) is 0 Å². The number of rotatable bonds is 0. The van der Waals surface area contributed by atoms with Crippen LogP contribution in [-0.4, -0.2) is 67.2 Å². The molecular formula is H6F2NaO4PSn. The molecule has 0 saturated carbocycles. The summed E-state index contributed by atoms with van der Waals surface area (Å²) in [4.78, 5) is 21.6. The summed E-state index contributed by atoms with van der Waals surface area (Å²) in [6.07, 6.45) is 0. The molecule has 0 spiro atoms. The van der Waals surface area contributed by atoms with Gasteiger partial charge in [0.05, 0.1) is 0 Å². The van der Waals surface area contributed by atoms with Crippen LogP contribution in [0.1, 0.15) is 0 Å². The molecule has 0 aromatic carbocycles. The molecule has 0 aliphatic rings. The van der Waals surface area contributed by atoms with E-state index in [4.69, 9.17) is 19.2 Å². The topological polar surface area (TPSA) is 77.8 Å². The summed E-state index contributed by atoms with van der Waals surface area (Å²) in [6.45, 7) is 0. The SMILES string of the molecule is F.O=P(O)(O)O.[F][Na].[SnH2]. The molecule has 0 aromatic rings. The third-order valence-electron chi connectivity index (χ3n) is 0. The average molecular weight is 281 g/mol. The third kappa shape index (κ3) is 188. The van der Waals surface area contributed by atoms with Crippen molar-refractivity contribution < 1.29 is 26.2 Å². The summed E-state index contributed by atoms with van der Waals surface area (Å²) in [7, 11) is -4.64. The first kappa shape index (κ1) is 22.4. The van der Waals surface area contributed by atoms with Crippen LogP contribution < -0.4 is 0 Å². The third-order valence-corrected chi connectivity index (χ3v) is 0. The second-order valence-electron chi connectivity index (χ2n) is 0.513. The van der Waals surface area contributed by atoms with Crippen LogP contribution in [0.15, 0.2) is 0 Å². The van der Waals surface area contributed by atoms with Crippen LogP contribution in [0.3, 0.4) is 0 Å². The molecule has 0 aliphatic carbocycles. The standard InChI is InChI=1S/2FH.Na.H3O4P.Sn.2H/c;;;1-5(2,3)4;;;/h2*1H;;(H3,1,2,3,4);;;/q;;+1;;;;/p-1. The van der Waals surface area contributed by atoms with Gasteiger partial charge in [0.1, 0.15) is 0 Å². The molecule has 0 aliphatic heterocycles. The van der Waals surface area contributed by atoms with E-state index in [0.29, 0.717) is 0 Å². The van der Waals surface area contributed by atoms with Crippen molar-refractivity contribution >= 4 is 60.3 Å². The summed E-state index contributed by atoms with van der Waals surface area (Å²) in [5, 5.41) is 0. The molecule has 9 heteroatoms. The molecule has 0 fully saturated rings. The van der Waals surface area contributed by atoms with Crippen molar-refractivity contribution in [1.29, 1.82) is 0 Å². The number of phosphoric acid groups is 1. The molecule has 0 bridgehead atoms. The molecule has 0 amide bonds. The van der Waals surface area contributed by atoms with E-state index >= 15 is 0 Å². The van der Waals surface area contributed by atoms with Crippen molar-refractivity contribution in [1.82, 2.24) is 0 Å². The van der Waals surface area contributed by atoms with Crippen molar-refractivity contribution in [2.24, 2.45) is 0 Å². The van der Waals surface area contributed by atoms with Crippen LogP contribution in [0.2, 0.25) is 0 Å². The molecule has 9 heavy (non-hydrogen) atoms. The quantitative estimate of drug-likeness (QED) is 0.367. The first-order valence-electron chi connectivity index (χ1n) is 1.16. The molecule has 54 valence electrons. The fourth-order valence-electron chi connectivity index (χ4n) is 0. The van der Waals surface area contributed by atoms with Gasteiger partial charge in [-0.05, 0) is 0 Å². The Balaban J connectivity index is -0.0000000286. The number of halogens is 2. The molecular weight excluding hydrogens is 275 g/mol. The minimum absolute atomic E-state index is 0. The van der Waals surface area contributed by atoms with Crippen LogP contribution in [0.5, 0.6) is 0 Å². The Hall–Kier alpha value is 1.77. The minimum atomic E-state index is -4.64. The summed E-state index contributed by atoms with van der Waals surface area (Å²) in [5.74, 6) is 0. The van der Waals surface area contributed by atoms with Gasteiger partial charge in [-0.1, -0.05) is 0 Å². The molecule has 0 rings (SSSR count). The van der Waals surface area contributed by atoms with Crippen molar-refractivity contribution in [3.63, 3.8) is 0 Å². The van der Waals surface area contributed by atoms with Gasteiger partial charge in [-0.3, -0.25) is 4.70 Å². The van der Waals surface area contributed by atoms with Crippen LogP contribution in [0.4, 0.5) is 6.97 Å². The Kier molecular flexibility index (Phi) is 31.0. The van der Waals surface area contributed by atoms with Gasteiger partial charge >= 0.3 is 62.6 Å². The van der Waals surface area contributed by atoms with Gasteiger partial charge in [-0.2, -0.15) is 0 Å². The molecule has 0 unspecified atom stereocenters. The Morgan fingerprint density at radius 3 is 1.22 bits per heavy atom. The van der Waals surface area contributed by atoms with Crippen LogP contribution in [-0.2, 0) is 4.57 Å². The fourth-order valence-corrected chi connectivity index (χ4v) is 0. The van der Waals surface area contributed by atoms with E-state index in [9.17, 15) is 2.27 Å². The molecule has 0 heterocycles. The maximum absolute atomic E-state index is 9.64. The van der Waals surface area contributed by atoms with Gasteiger partial charge in [-0.25, -0.2) is 4.57 Å². The Morgan fingerprint density at radius 2 is 1.22 bits per heavy atom. The maximum atomic E-state index is 9.64. The molecule has 3 N–H and O–H groups in total. The second-order valence-corrected chi connectivity index (χ2v) is 1.54. The summed E-state index contributed by atoms with van der Waals surface area (Å²) in [5.41, 5.74) is 0. The Labute approximate surface area is 85.9 Å². The van der Waals surface area contributed by atoms with E-state index < -0.39 is 7.82 Å². The second kappa shape index (κ2) is 12.4. The van der Waals surface area contributed by atoms with E-state index in [1.807, 2.05) is 0 Å². The monoisotopic (exact) mass is 282 g/mol. The number of hydrogen-bond donors (Lipinski definition) is 3. The van der Waals surface area contributed by atoms with Gasteiger partial charge in [0.2, 0.25) is 0 Å². The molecule has 0 aromatic heterocycles. The van der Waals surface area contributed by atoms with Crippen LogP contribution in [0, 0.1) is 0 Å². The van der Waals surface area contributed by atoms with Crippen molar-refractivity contribution in [2.45, 2.75) is 0 Å². The van der Waals surface area contributed by atoms with Crippen molar-refractivity contribution in [2.75, 3.05) is 0 Å². The van der Waals surface area contributed by atoms with Gasteiger partial charge in [0.15, 0.2) is 0 Å². The molecule has 4 nitrogen and oxygen atoms in total. The zero-order chi connectivity index (χ0) is 6.50. The molecule has 0 saturated heterocycles. The van der Waals surface area contributed by atoms with Crippen molar-refractivity contribution in [3.8, 4) is 0 Å². The summed E-state index contributed by atoms with van der Waals surface area (Å²) >= 11 is -0.194. The zero-order valence-electron chi connectivity index (χ0n) is 4.69. The predicted octanol–water partition coefficient (Wildman–Crippen LogP) is -1.65. The first-order chi connectivity index (χ1) is 3.00. The van der Waals surface area contributed by atoms with Gasteiger partial charge in [0, 0.05) is 0 Å². The number of hydrogen-bond acceptors (Lipinski definition) is 1. The van der Waals surface area contributed by atoms with E-state index in [-0.39, 0.29) is 57.2 Å². The van der Waals surface area contributed by atoms with E-state index in [1.165, 1.54) is 0 Å². The van der Waals surface area contributed by atoms with E-state index in [2.05, 4.69) is 0 Å². The van der Waals surface area contributed by atoms with Gasteiger partial charge in [0.25, 0.3) is 0 Å². The summed E-state index contributed by atoms with van der Waals surface area (Å²) < 4.78 is 18.5. The van der Waals surface area contributed by atoms with Crippen LogP contribution >= 0.6 is 7.82 Å². The molecule has 0 atom stereocenters. The normalized spacial score (nSPS) is 7.33. The average Bonchev–Trinajstić information content (AvgIpc) is 1.36. The summed E-state index contributed by atoms with van der Waals surface area (Å²) in [6, 6.07) is 0. The Morgan fingerprint density at radius 1 is 1.22 bits per heavy atom. The fraction of sp³-hybridized carbons (Fsp3) is 0. The molecule has 2 radical (unpaired) electrons. The zero-order valence-corrected chi connectivity index (χ0v) is 11.6. The van der Waals surface area contributed by atoms with Gasteiger partial charge < -0.3 is 14.7 Å². The van der Waals surface area contributed by atoms with Gasteiger partial charge in [-0.15, -0.1) is 0 Å². The first-order valence-corrected chi connectivity index (χ1v) is 3.48. The predicted molar refractivity (Wildman–Crippen MR) is 32.2 cm³/mol. The van der Waals surface area contributed by atoms with Crippen molar-refractivity contribution in [3.05, 3.63) is 0 Å².